The number of benzene rings is 1. The molecule has 0 spiro atoms. The molecule has 1 fully saturated rings. The van der Waals surface area contributed by atoms with Gasteiger partial charge in [-0.1, -0.05) is 12.1 Å². The molecule has 17 heavy (non-hydrogen) atoms. The van der Waals surface area contributed by atoms with E-state index in [-0.39, 0.29) is 17.5 Å². The summed E-state index contributed by atoms with van der Waals surface area (Å²) in [5.41, 5.74) is 0.616. The van der Waals surface area contributed by atoms with Gasteiger partial charge in [0.1, 0.15) is 5.82 Å². The molecule has 0 aliphatic carbocycles. The van der Waals surface area contributed by atoms with Crippen molar-refractivity contribution in [3.8, 4) is 0 Å². The Bertz CT molecular complexity index is 405. The van der Waals surface area contributed by atoms with E-state index in [9.17, 15) is 9.18 Å². The van der Waals surface area contributed by atoms with E-state index in [1.54, 1.807) is 17.0 Å². The van der Waals surface area contributed by atoms with Crippen LogP contribution in [0.5, 0.6) is 0 Å². The van der Waals surface area contributed by atoms with Crippen molar-refractivity contribution in [2.45, 2.75) is 0 Å². The molecule has 5 heteroatoms. The van der Waals surface area contributed by atoms with Gasteiger partial charge < -0.3 is 9.80 Å². The zero-order valence-electron chi connectivity index (χ0n) is 9.47. The van der Waals surface area contributed by atoms with E-state index < -0.39 is 0 Å². The van der Waals surface area contributed by atoms with Crippen molar-refractivity contribution < 1.29 is 9.18 Å². The fourth-order valence-corrected chi connectivity index (χ4v) is 2.20. The summed E-state index contributed by atoms with van der Waals surface area (Å²) in [6.45, 7) is 2.60. The number of hydrogen-bond donors (Lipinski definition) is 1. The van der Waals surface area contributed by atoms with Crippen LogP contribution in [-0.4, -0.2) is 42.7 Å². The molecule has 1 heterocycles. The summed E-state index contributed by atoms with van der Waals surface area (Å²) in [4.78, 5) is 15.2. The van der Waals surface area contributed by atoms with Gasteiger partial charge in [0, 0.05) is 26.2 Å². The van der Waals surface area contributed by atoms with Gasteiger partial charge in [0.2, 0.25) is 5.91 Å². The van der Waals surface area contributed by atoms with E-state index in [0.29, 0.717) is 31.9 Å². The van der Waals surface area contributed by atoms with Gasteiger partial charge in [-0.05, 0) is 12.1 Å². The number of anilines is 1. The number of amides is 1. The van der Waals surface area contributed by atoms with Gasteiger partial charge in [0.05, 0.1) is 11.4 Å². The summed E-state index contributed by atoms with van der Waals surface area (Å²) in [6, 6.07) is 6.73. The first-order valence-corrected chi connectivity index (χ1v) is 6.23. The van der Waals surface area contributed by atoms with Crippen LogP contribution in [0.3, 0.4) is 0 Å². The quantitative estimate of drug-likeness (QED) is 0.807. The minimum Gasteiger partial charge on any atom is -0.366 e. The monoisotopic (exact) mass is 254 g/mol. The third kappa shape index (κ3) is 2.72. The summed E-state index contributed by atoms with van der Waals surface area (Å²) in [5.74, 6) is 0.0719. The molecule has 1 saturated heterocycles. The minimum absolute atomic E-state index is 0.0431. The SMILES string of the molecule is O=C(CS)N1CCN(c2ccccc2F)CC1. The second-order valence-electron chi connectivity index (χ2n) is 3.98. The van der Waals surface area contributed by atoms with Crippen molar-refractivity contribution in [2.24, 2.45) is 0 Å². The molecule has 1 amide bonds. The van der Waals surface area contributed by atoms with Gasteiger partial charge >= 0.3 is 0 Å². The molecular weight excluding hydrogens is 239 g/mol. The summed E-state index contributed by atoms with van der Waals surface area (Å²) >= 11 is 3.97. The molecule has 0 atom stereocenters. The molecule has 92 valence electrons. The minimum atomic E-state index is -0.207. The topological polar surface area (TPSA) is 23.6 Å². The van der Waals surface area contributed by atoms with Crippen molar-refractivity contribution in [1.29, 1.82) is 0 Å². The van der Waals surface area contributed by atoms with Crippen LogP contribution in [0.15, 0.2) is 24.3 Å². The van der Waals surface area contributed by atoms with E-state index in [2.05, 4.69) is 12.6 Å². The Hall–Kier alpha value is -1.23. The first-order chi connectivity index (χ1) is 8.22. The van der Waals surface area contributed by atoms with Crippen molar-refractivity contribution in [2.75, 3.05) is 36.8 Å². The highest BCUT2D eigenvalue weighted by molar-refractivity contribution is 7.81. The fourth-order valence-electron chi connectivity index (χ4n) is 2.00. The number of halogens is 1. The standard InChI is InChI=1S/C12H15FN2OS/c13-10-3-1-2-4-11(10)14-5-7-15(8-6-14)12(16)9-17/h1-4,17H,5-9H2. The van der Waals surface area contributed by atoms with Crippen LogP contribution in [0.25, 0.3) is 0 Å². The van der Waals surface area contributed by atoms with Crippen LogP contribution < -0.4 is 4.90 Å². The second-order valence-corrected chi connectivity index (χ2v) is 4.29. The maximum atomic E-state index is 13.6. The maximum absolute atomic E-state index is 13.6. The van der Waals surface area contributed by atoms with Crippen LogP contribution in [-0.2, 0) is 4.79 Å². The van der Waals surface area contributed by atoms with E-state index >= 15 is 0 Å². The number of para-hydroxylation sites is 1. The van der Waals surface area contributed by atoms with E-state index in [4.69, 9.17) is 0 Å². The lowest BCUT2D eigenvalue weighted by Crippen LogP contribution is -2.49. The predicted molar refractivity (Wildman–Crippen MR) is 69.0 cm³/mol. The number of thiol groups is 1. The van der Waals surface area contributed by atoms with Gasteiger partial charge in [-0.3, -0.25) is 4.79 Å². The lowest BCUT2D eigenvalue weighted by molar-refractivity contribution is -0.128. The highest BCUT2D eigenvalue weighted by atomic mass is 32.1. The highest BCUT2D eigenvalue weighted by Gasteiger charge is 2.21. The molecule has 1 aliphatic rings. The molecule has 1 aromatic rings. The molecule has 2 rings (SSSR count). The third-order valence-electron chi connectivity index (χ3n) is 2.96. The average molecular weight is 254 g/mol. The average Bonchev–Trinajstić information content (AvgIpc) is 2.39. The van der Waals surface area contributed by atoms with Crippen molar-refractivity contribution in [1.82, 2.24) is 4.90 Å². The lowest BCUT2D eigenvalue weighted by atomic mass is 10.2. The number of rotatable bonds is 2. The zero-order chi connectivity index (χ0) is 12.3. The molecule has 0 radical (unpaired) electrons. The Kier molecular flexibility index (Phi) is 3.89. The Balaban J connectivity index is 2.00. The van der Waals surface area contributed by atoms with Crippen LogP contribution in [0.2, 0.25) is 0 Å². The van der Waals surface area contributed by atoms with E-state index in [1.807, 2.05) is 11.0 Å². The first kappa shape index (κ1) is 12.2. The summed E-state index contributed by atoms with van der Waals surface area (Å²) < 4.78 is 13.6. The zero-order valence-corrected chi connectivity index (χ0v) is 10.4. The number of piperazine rings is 1. The van der Waals surface area contributed by atoms with Crippen LogP contribution in [0, 0.1) is 5.82 Å². The highest BCUT2D eigenvalue weighted by Crippen LogP contribution is 2.20. The molecule has 1 aliphatic heterocycles. The molecule has 0 unspecified atom stereocenters. The van der Waals surface area contributed by atoms with Crippen molar-refractivity contribution >= 4 is 24.2 Å². The van der Waals surface area contributed by atoms with Gasteiger partial charge in [0.25, 0.3) is 0 Å². The molecule has 0 saturated carbocycles. The lowest BCUT2D eigenvalue weighted by Gasteiger charge is -2.36. The Labute approximate surface area is 106 Å². The summed E-state index contributed by atoms with van der Waals surface area (Å²) in [5, 5.41) is 0. The molecular formula is C12H15FN2OS. The number of carbonyl (C=O) groups excluding carboxylic acids is 1. The smallest absolute Gasteiger partial charge is 0.232 e. The van der Waals surface area contributed by atoms with Crippen LogP contribution in [0.4, 0.5) is 10.1 Å². The molecule has 3 nitrogen and oxygen atoms in total. The largest absolute Gasteiger partial charge is 0.366 e. The normalized spacial score (nSPS) is 16.1. The number of nitrogens with zero attached hydrogens (tertiary/aromatic N) is 2. The Morgan fingerprint density at radius 3 is 2.47 bits per heavy atom. The van der Waals surface area contributed by atoms with Crippen LogP contribution in [0.1, 0.15) is 0 Å². The summed E-state index contributed by atoms with van der Waals surface area (Å²) in [6.07, 6.45) is 0. The number of hydrogen-bond acceptors (Lipinski definition) is 3. The van der Waals surface area contributed by atoms with E-state index in [1.165, 1.54) is 6.07 Å². The van der Waals surface area contributed by atoms with Crippen molar-refractivity contribution in [3.05, 3.63) is 30.1 Å². The fraction of sp³-hybridized carbons (Fsp3) is 0.417. The Morgan fingerprint density at radius 1 is 1.24 bits per heavy atom. The van der Waals surface area contributed by atoms with Gasteiger partial charge in [-0.25, -0.2) is 4.39 Å². The van der Waals surface area contributed by atoms with Crippen molar-refractivity contribution in [3.63, 3.8) is 0 Å². The molecule has 1 aromatic carbocycles. The van der Waals surface area contributed by atoms with E-state index in [0.717, 1.165) is 0 Å². The summed E-state index contributed by atoms with van der Waals surface area (Å²) in [7, 11) is 0. The Morgan fingerprint density at radius 2 is 1.88 bits per heavy atom. The third-order valence-corrected chi connectivity index (χ3v) is 3.23. The number of carbonyl (C=O) groups is 1. The predicted octanol–water partition coefficient (Wildman–Crippen LogP) is 1.40. The maximum Gasteiger partial charge on any atom is 0.232 e. The van der Waals surface area contributed by atoms with Gasteiger partial charge in [-0.2, -0.15) is 12.6 Å². The molecule has 0 N–H and O–H groups in total. The first-order valence-electron chi connectivity index (χ1n) is 5.60. The molecule has 0 bridgehead atoms. The second kappa shape index (κ2) is 5.40. The van der Waals surface area contributed by atoms with Gasteiger partial charge in [-0.15, -0.1) is 0 Å². The van der Waals surface area contributed by atoms with Gasteiger partial charge in [0.15, 0.2) is 0 Å². The molecule has 0 aromatic heterocycles. The van der Waals surface area contributed by atoms with Crippen LogP contribution >= 0.6 is 12.6 Å².